The molecule has 1 aliphatic rings. The highest BCUT2D eigenvalue weighted by Gasteiger charge is 2.12. The zero-order valence-corrected chi connectivity index (χ0v) is 9.25. The molecule has 2 rings (SSSR count). The zero-order valence-electron chi connectivity index (χ0n) is 9.25. The smallest absolute Gasteiger partial charge is 0.123 e. The largest absolute Gasteiger partial charge is 0.329 e. The molecule has 3 heteroatoms. The summed E-state index contributed by atoms with van der Waals surface area (Å²) in [5, 5.41) is 0. The van der Waals surface area contributed by atoms with Crippen LogP contribution in [0.3, 0.4) is 0 Å². The standard InChI is InChI=1S/C13H17FN2/c14-12-4-3-10-5-9(6-13(16)8-15)1-2-11(10)7-12/h3-5,7,13H,1-2,6,8,15-16H2. The van der Waals surface area contributed by atoms with E-state index in [0.29, 0.717) is 6.54 Å². The summed E-state index contributed by atoms with van der Waals surface area (Å²) in [6.45, 7) is 0.508. The number of nitrogens with two attached hydrogens (primary N) is 2. The molecule has 1 atom stereocenters. The number of hydrogen-bond donors (Lipinski definition) is 2. The van der Waals surface area contributed by atoms with Gasteiger partial charge in [-0.3, -0.25) is 0 Å². The second-order valence-corrected chi connectivity index (χ2v) is 4.35. The van der Waals surface area contributed by atoms with Gasteiger partial charge in [-0.15, -0.1) is 0 Å². The molecule has 1 unspecified atom stereocenters. The molecule has 0 radical (unpaired) electrons. The van der Waals surface area contributed by atoms with Crippen LogP contribution in [-0.4, -0.2) is 12.6 Å². The lowest BCUT2D eigenvalue weighted by Crippen LogP contribution is -2.30. The number of halogens is 1. The molecule has 2 nitrogen and oxygen atoms in total. The normalized spacial score (nSPS) is 16.6. The van der Waals surface area contributed by atoms with E-state index in [-0.39, 0.29) is 11.9 Å². The van der Waals surface area contributed by atoms with Gasteiger partial charge < -0.3 is 11.5 Å². The van der Waals surface area contributed by atoms with Crippen LogP contribution in [0.2, 0.25) is 0 Å². The molecule has 1 aliphatic carbocycles. The third kappa shape index (κ3) is 2.49. The first-order valence-electron chi connectivity index (χ1n) is 5.62. The van der Waals surface area contributed by atoms with E-state index < -0.39 is 0 Å². The summed E-state index contributed by atoms with van der Waals surface area (Å²) in [5.41, 5.74) is 14.8. The first-order valence-corrected chi connectivity index (χ1v) is 5.62. The number of benzene rings is 1. The van der Waals surface area contributed by atoms with Gasteiger partial charge in [-0.25, -0.2) is 4.39 Å². The van der Waals surface area contributed by atoms with Crippen LogP contribution in [0.4, 0.5) is 4.39 Å². The van der Waals surface area contributed by atoms with Gasteiger partial charge in [0, 0.05) is 12.6 Å². The predicted molar refractivity (Wildman–Crippen MR) is 64.3 cm³/mol. The fourth-order valence-electron chi connectivity index (χ4n) is 2.10. The van der Waals surface area contributed by atoms with Crippen LogP contribution in [0.15, 0.2) is 23.8 Å². The molecular weight excluding hydrogens is 203 g/mol. The van der Waals surface area contributed by atoms with Crippen molar-refractivity contribution in [2.75, 3.05) is 6.54 Å². The van der Waals surface area contributed by atoms with E-state index in [0.717, 1.165) is 30.4 Å². The van der Waals surface area contributed by atoms with E-state index in [1.165, 1.54) is 11.6 Å². The maximum Gasteiger partial charge on any atom is 0.123 e. The molecule has 0 aromatic heterocycles. The van der Waals surface area contributed by atoms with Crippen molar-refractivity contribution in [1.29, 1.82) is 0 Å². The van der Waals surface area contributed by atoms with Crippen molar-refractivity contribution >= 4 is 6.08 Å². The number of hydrogen-bond acceptors (Lipinski definition) is 2. The lowest BCUT2D eigenvalue weighted by atomic mass is 9.89. The number of rotatable bonds is 3. The summed E-state index contributed by atoms with van der Waals surface area (Å²) >= 11 is 0. The highest BCUT2D eigenvalue weighted by Crippen LogP contribution is 2.26. The SMILES string of the molecule is NCC(N)CC1=Cc2ccc(F)cc2CC1. The van der Waals surface area contributed by atoms with Gasteiger partial charge >= 0.3 is 0 Å². The van der Waals surface area contributed by atoms with Crippen LogP contribution in [0.25, 0.3) is 6.08 Å². The Labute approximate surface area is 95.1 Å². The van der Waals surface area contributed by atoms with Crippen LogP contribution in [-0.2, 0) is 6.42 Å². The van der Waals surface area contributed by atoms with E-state index in [1.807, 2.05) is 6.07 Å². The molecule has 4 N–H and O–H groups in total. The summed E-state index contributed by atoms with van der Waals surface area (Å²) in [7, 11) is 0. The van der Waals surface area contributed by atoms with Crippen molar-refractivity contribution in [1.82, 2.24) is 0 Å². The van der Waals surface area contributed by atoms with Crippen LogP contribution >= 0.6 is 0 Å². The van der Waals surface area contributed by atoms with Crippen molar-refractivity contribution in [3.63, 3.8) is 0 Å². The third-order valence-electron chi connectivity index (χ3n) is 3.01. The highest BCUT2D eigenvalue weighted by atomic mass is 19.1. The predicted octanol–water partition coefficient (Wildman–Crippen LogP) is 1.83. The number of aryl methyl sites for hydroxylation is 1. The first kappa shape index (κ1) is 11.3. The molecule has 0 spiro atoms. The van der Waals surface area contributed by atoms with Crippen molar-refractivity contribution in [3.8, 4) is 0 Å². The first-order chi connectivity index (χ1) is 7.69. The van der Waals surface area contributed by atoms with Crippen LogP contribution in [0.1, 0.15) is 24.0 Å². The minimum atomic E-state index is -0.158. The van der Waals surface area contributed by atoms with Gasteiger partial charge in [0.2, 0.25) is 0 Å². The van der Waals surface area contributed by atoms with Gasteiger partial charge in [-0.1, -0.05) is 17.7 Å². The third-order valence-corrected chi connectivity index (χ3v) is 3.01. The average Bonchev–Trinajstić information content (AvgIpc) is 2.29. The molecule has 0 amide bonds. The van der Waals surface area contributed by atoms with E-state index in [2.05, 4.69) is 6.08 Å². The van der Waals surface area contributed by atoms with Gasteiger partial charge in [-0.05, 0) is 42.5 Å². The Morgan fingerprint density at radius 3 is 2.88 bits per heavy atom. The Kier molecular flexibility index (Phi) is 3.36. The molecule has 86 valence electrons. The Morgan fingerprint density at radius 1 is 1.31 bits per heavy atom. The Bertz CT molecular complexity index is 412. The quantitative estimate of drug-likeness (QED) is 0.816. The molecule has 16 heavy (non-hydrogen) atoms. The summed E-state index contributed by atoms with van der Waals surface area (Å²) in [4.78, 5) is 0. The zero-order chi connectivity index (χ0) is 11.5. The molecule has 0 heterocycles. The summed E-state index contributed by atoms with van der Waals surface area (Å²) in [6.07, 6.45) is 4.82. The van der Waals surface area contributed by atoms with Gasteiger partial charge in [0.15, 0.2) is 0 Å². The maximum atomic E-state index is 13.0. The van der Waals surface area contributed by atoms with Gasteiger partial charge in [0.1, 0.15) is 5.82 Å². The van der Waals surface area contributed by atoms with Gasteiger partial charge in [0.05, 0.1) is 0 Å². The minimum absolute atomic E-state index is 0.0354. The molecule has 0 saturated heterocycles. The summed E-state index contributed by atoms with van der Waals surface area (Å²) in [6, 6.07) is 4.98. The molecule has 0 fully saturated rings. The van der Waals surface area contributed by atoms with Crippen molar-refractivity contribution in [2.24, 2.45) is 11.5 Å². The monoisotopic (exact) mass is 220 g/mol. The fourth-order valence-corrected chi connectivity index (χ4v) is 2.10. The fraction of sp³-hybridized carbons (Fsp3) is 0.385. The van der Waals surface area contributed by atoms with Crippen molar-refractivity contribution in [3.05, 3.63) is 40.7 Å². The molecule has 1 aromatic rings. The topological polar surface area (TPSA) is 52.0 Å². The number of fused-ring (bicyclic) bond motifs is 1. The van der Waals surface area contributed by atoms with Gasteiger partial charge in [0.25, 0.3) is 0 Å². The summed E-state index contributed by atoms with van der Waals surface area (Å²) < 4.78 is 13.0. The Balaban J connectivity index is 2.18. The molecule has 0 saturated carbocycles. The van der Waals surface area contributed by atoms with Crippen molar-refractivity contribution < 1.29 is 4.39 Å². The van der Waals surface area contributed by atoms with E-state index in [1.54, 1.807) is 6.07 Å². The second kappa shape index (κ2) is 4.76. The van der Waals surface area contributed by atoms with E-state index >= 15 is 0 Å². The summed E-state index contributed by atoms with van der Waals surface area (Å²) in [5.74, 6) is -0.158. The van der Waals surface area contributed by atoms with E-state index in [4.69, 9.17) is 11.5 Å². The molecule has 1 aromatic carbocycles. The molecule has 0 bridgehead atoms. The Hall–Kier alpha value is -1.19. The van der Waals surface area contributed by atoms with E-state index in [9.17, 15) is 4.39 Å². The van der Waals surface area contributed by atoms with Crippen LogP contribution in [0, 0.1) is 5.82 Å². The van der Waals surface area contributed by atoms with Crippen molar-refractivity contribution in [2.45, 2.75) is 25.3 Å². The Morgan fingerprint density at radius 2 is 2.12 bits per heavy atom. The molecular formula is C13H17FN2. The van der Waals surface area contributed by atoms with Crippen LogP contribution < -0.4 is 11.5 Å². The van der Waals surface area contributed by atoms with Crippen LogP contribution in [0.5, 0.6) is 0 Å². The average molecular weight is 220 g/mol. The highest BCUT2D eigenvalue weighted by molar-refractivity contribution is 5.59. The lowest BCUT2D eigenvalue weighted by molar-refractivity contribution is 0.622. The molecule has 0 aliphatic heterocycles. The minimum Gasteiger partial charge on any atom is -0.329 e. The maximum absolute atomic E-state index is 13.0. The lowest BCUT2D eigenvalue weighted by Gasteiger charge is -2.18. The second-order valence-electron chi connectivity index (χ2n) is 4.35. The van der Waals surface area contributed by atoms with Gasteiger partial charge in [-0.2, -0.15) is 0 Å².